The van der Waals surface area contributed by atoms with E-state index in [0.717, 1.165) is 15.2 Å². The predicted molar refractivity (Wildman–Crippen MR) is 72.5 cm³/mol. The normalized spacial score (nSPS) is 11.7. The molecule has 0 bridgehead atoms. The van der Waals surface area contributed by atoms with Crippen molar-refractivity contribution in [3.63, 3.8) is 0 Å². The molecule has 0 N–H and O–H groups in total. The Bertz CT molecular complexity index is 92.6. The summed E-state index contributed by atoms with van der Waals surface area (Å²) < 4.78 is 0. The Morgan fingerprint density at radius 1 is 0.750 bits per heavy atom. The van der Waals surface area contributed by atoms with Crippen LogP contribution in [0, 0.1) is 0 Å². The van der Waals surface area contributed by atoms with Gasteiger partial charge in [-0.25, -0.2) is 0 Å². The summed E-state index contributed by atoms with van der Waals surface area (Å²) in [6.45, 7) is 14.9. The van der Waals surface area contributed by atoms with Crippen molar-refractivity contribution in [2.45, 2.75) is 50.9 Å². The standard InChI is InChI=1S/C6H19PSi2.2CH3.Al/c1-8(2,3)7-9(4,5)6;;;/h7H,1-6H3;2*1H3;. The summed E-state index contributed by atoms with van der Waals surface area (Å²) in [7, 11) is -0.0775. The lowest BCUT2D eigenvalue weighted by Crippen LogP contribution is -2.24. The highest BCUT2D eigenvalue weighted by Gasteiger charge is 2.23. The molecule has 0 nitrogen and oxygen atoms in total. The van der Waals surface area contributed by atoms with Crippen molar-refractivity contribution in [1.82, 2.24) is 0 Å². The lowest BCUT2D eigenvalue weighted by atomic mass is 11.8. The van der Waals surface area contributed by atoms with Crippen molar-refractivity contribution >= 4 is 38.4 Å². The summed E-state index contributed by atoms with van der Waals surface area (Å²) in [4.78, 5) is 0. The molecule has 0 atom stereocenters. The van der Waals surface area contributed by atoms with Gasteiger partial charge in [0.15, 0.2) is 15.2 Å². The van der Waals surface area contributed by atoms with Crippen LogP contribution in [0.3, 0.4) is 0 Å². The maximum atomic E-state index is 2.48. The SMILES string of the molecule is C[Si](C)(C)P[Si](C)(C)C.[CH3][Al][CH3]. The highest BCUT2D eigenvalue weighted by atomic mass is 31.6. The Labute approximate surface area is 89.1 Å². The van der Waals surface area contributed by atoms with Gasteiger partial charge in [-0.15, -0.1) is 19.2 Å². The molecule has 0 aliphatic rings. The van der Waals surface area contributed by atoms with Gasteiger partial charge in [-0.2, -0.15) is 0 Å². The van der Waals surface area contributed by atoms with Crippen molar-refractivity contribution in [2.24, 2.45) is 0 Å². The van der Waals surface area contributed by atoms with E-state index in [1.165, 1.54) is 7.68 Å². The van der Waals surface area contributed by atoms with Gasteiger partial charge in [0.05, 0.1) is 15.5 Å². The Morgan fingerprint density at radius 3 is 0.917 bits per heavy atom. The third-order valence-electron chi connectivity index (χ3n) is 0.750. The second-order valence-electron chi connectivity index (χ2n) is 5.20. The van der Waals surface area contributed by atoms with Gasteiger partial charge < -0.3 is 0 Å². The van der Waals surface area contributed by atoms with Crippen molar-refractivity contribution in [3.05, 3.63) is 0 Å². The average Bonchev–Trinajstić information content (AvgIpc) is 1.53. The zero-order valence-electron chi connectivity index (χ0n) is 10.1. The Morgan fingerprint density at radius 2 is 0.917 bits per heavy atom. The lowest BCUT2D eigenvalue weighted by molar-refractivity contribution is 1.84. The molecular weight excluding hydrogens is 210 g/mol. The first-order valence-electron chi connectivity index (χ1n) is 4.65. The van der Waals surface area contributed by atoms with Gasteiger partial charge >= 0.3 is 0 Å². The highest BCUT2D eigenvalue weighted by Crippen LogP contribution is 2.36. The molecular formula is C8H25AlPSi2. The van der Waals surface area contributed by atoms with Crippen LogP contribution in [0.2, 0.25) is 50.9 Å². The molecule has 12 heavy (non-hydrogen) atoms. The van der Waals surface area contributed by atoms with E-state index in [4.69, 9.17) is 0 Å². The average molecular weight is 235 g/mol. The van der Waals surface area contributed by atoms with E-state index < -0.39 is 15.5 Å². The molecule has 0 spiro atoms. The fourth-order valence-corrected chi connectivity index (χ4v) is 30.4. The molecule has 0 aliphatic carbocycles. The summed E-state index contributed by atoms with van der Waals surface area (Å²) in [5.41, 5.74) is 0. The monoisotopic (exact) mass is 235 g/mol. The molecule has 0 rings (SSSR count). The van der Waals surface area contributed by atoms with Crippen molar-refractivity contribution in [3.8, 4) is 0 Å². The molecule has 0 aromatic heterocycles. The van der Waals surface area contributed by atoms with Gasteiger partial charge in [-0.1, -0.05) is 39.3 Å². The first kappa shape index (κ1) is 15.9. The minimum atomic E-state index is -0.703. The molecule has 73 valence electrons. The van der Waals surface area contributed by atoms with E-state index in [0.29, 0.717) is 0 Å². The van der Waals surface area contributed by atoms with E-state index in [1.54, 1.807) is 0 Å². The van der Waals surface area contributed by atoms with Crippen LogP contribution in [0.4, 0.5) is 0 Å². The molecule has 0 saturated carbocycles. The van der Waals surface area contributed by atoms with Gasteiger partial charge in [-0.3, -0.25) is 0 Å². The lowest BCUT2D eigenvalue weighted by Gasteiger charge is -2.25. The van der Waals surface area contributed by atoms with Gasteiger partial charge in [0.1, 0.15) is 0 Å². The van der Waals surface area contributed by atoms with E-state index >= 15 is 0 Å². The minimum absolute atomic E-state index is 0.703. The highest BCUT2D eigenvalue weighted by molar-refractivity contribution is 8.06. The zero-order chi connectivity index (χ0) is 10.4. The van der Waals surface area contributed by atoms with E-state index in [2.05, 4.69) is 50.9 Å². The van der Waals surface area contributed by atoms with Crippen LogP contribution in [0.1, 0.15) is 0 Å². The van der Waals surface area contributed by atoms with E-state index in [1.807, 2.05) is 0 Å². The van der Waals surface area contributed by atoms with E-state index in [9.17, 15) is 0 Å². The summed E-state index contributed by atoms with van der Waals surface area (Å²) >= 11 is 0.750. The van der Waals surface area contributed by atoms with Crippen LogP contribution < -0.4 is 0 Å². The quantitative estimate of drug-likeness (QED) is 0.499. The largest absolute Gasteiger partial charge is 0.191 e. The Balaban J connectivity index is 0. The van der Waals surface area contributed by atoms with Crippen LogP contribution in [0.5, 0.6) is 0 Å². The molecule has 1 radical (unpaired) electrons. The van der Waals surface area contributed by atoms with Crippen LogP contribution in [-0.2, 0) is 0 Å². The maximum absolute atomic E-state index is 2.48. The van der Waals surface area contributed by atoms with Crippen molar-refractivity contribution in [2.75, 3.05) is 0 Å². The molecule has 0 aromatic rings. The molecule has 0 aromatic carbocycles. The fourth-order valence-electron chi connectivity index (χ4n) is 1.12. The number of rotatable bonds is 2. The smallest absolute Gasteiger partial charge is 0.145 e. The van der Waals surface area contributed by atoms with Gasteiger partial charge in [0.2, 0.25) is 0 Å². The second-order valence-corrected chi connectivity index (χ2v) is 27.6. The third kappa shape index (κ3) is 22.5. The van der Waals surface area contributed by atoms with Crippen LogP contribution in [0.15, 0.2) is 0 Å². The third-order valence-corrected chi connectivity index (χ3v) is 20.2. The maximum Gasteiger partial charge on any atom is 0.191 e. The first-order chi connectivity index (χ1) is 5.12. The summed E-state index contributed by atoms with van der Waals surface area (Å²) in [5, 5.41) is 0. The van der Waals surface area contributed by atoms with Crippen molar-refractivity contribution in [1.29, 1.82) is 0 Å². The second kappa shape index (κ2) is 6.79. The Kier molecular flexibility index (Phi) is 8.97. The zero-order valence-corrected chi connectivity index (χ0v) is 14.2. The van der Waals surface area contributed by atoms with Gasteiger partial charge in [-0.05, 0) is 0 Å². The summed E-state index contributed by atoms with van der Waals surface area (Å²) in [5.74, 6) is 4.42. The molecule has 0 saturated heterocycles. The molecule has 0 fully saturated rings. The fraction of sp³-hybridized carbons (Fsp3) is 1.00. The summed E-state index contributed by atoms with van der Waals surface area (Å²) in [6, 6.07) is 0. The van der Waals surface area contributed by atoms with Gasteiger partial charge in [0, 0.05) is 0 Å². The van der Waals surface area contributed by atoms with Crippen LogP contribution in [-0.4, -0.2) is 30.7 Å². The van der Waals surface area contributed by atoms with Gasteiger partial charge in [0.25, 0.3) is 0 Å². The Hall–Kier alpha value is 1.40. The molecule has 4 heteroatoms. The molecule has 0 heterocycles. The van der Waals surface area contributed by atoms with Crippen LogP contribution >= 0.6 is 7.68 Å². The van der Waals surface area contributed by atoms with Crippen LogP contribution in [0.25, 0.3) is 0 Å². The molecule has 0 amide bonds. The number of hydrogen-bond acceptors (Lipinski definition) is 0. The summed E-state index contributed by atoms with van der Waals surface area (Å²) in [6.07, 6.45) is 0. The topological polar surface area (TPSA) is 0 Å². The first-order valence-corrected chi connectivity index (χ1v) is 17.0. The minimum Gasteiger partial charge on any atom is -0.145 e. The van der Waals surface area contributed by atoms with Crippen molar-refractivity contribution < 1.29 is 0 Å². The molecule has 0 unspecified atom stereocenters. The van der Waals surface area contributed by atoms with E-state index in [-0.39, 0.29) is 0 Å². The predicted octanol–water partition coefficient (Wildman–Crippen LogP) is 4.12. The number of hydrogen-bond donors (Lipinski definition) is 0. The molecule has 0 aliphatic heterocycles.